The predicted octanol–water partition coefficient (Wildman–Crippen LogP) is 1.91. The van der Waals surface area contributed by atoms with Crippen molar-refractivity contribution in [2.24, 2.45) is 5.73 Å². The van der Waals surface area contributed by atoms with Crippen LogP contribution in [-0.4, -0.2) is 33.9 Å². The molecule has 116 valence electrons. The number of rotatable bonds is 6. The molecule has 0 saturated carbocycles. The van der Waals surface area contributed by atoms with Crippen LogP contribution in [0.15, 0.2) is 24.0 Å². The first-order valence-electron chi connectivity index (χ1n) is 6.01. The Labute approximate surface area is 139 Å². The lowest BCUT2D eigenvalue weighted by Crippen LogP contribution is -2.25. The molecule has 2 rings (SSSR count). The summed E-state index contributed by atoms with van der Waals surface area (Å²) >= 11 is 1.38. The first kappa shape index (κ1) is 19.7. The number of halogens is 2. The van der Waals surface area contributed by atoms with Crippen molar-refractivity contribution in [1.82, 2.24) is 20.3 Å². The van der Waals surface area contributed by atoms with Crippen molar-refractivity contribution < 1.29 is 4.79 Å². The van der Waals surface area contributed by atoms with Gasteiger partial charge in [-0.15, -0.1) is 36.2 Å². The molecule has 0 bridgehead atoms. The van der Waals surface area contributed by atoms with Crippen molar-refractivity contribution in [3.8, 4) is 10.7 Å². The number of hydrogen-bond acceptors (Lipinski definition) is 6. The van der Waals surface area contributed by atoms with Crippen LogP contribution in [-0.2, 0) is 0 Å². The van der Waals surface area contributed by atoms with Crippen LogP contribution in [0.1, 0.15) is 23.3 Å². The first-order chi connectivity index (χ1) is 9.31. The van der Waals surface area contributed by atoms with E-state index in [1.165, 1.54) is 11.3 Å². The molecule has 1 amide bonds. The van der Waals surface area contributed by atoms with E-state index >= 15 is 0 Å². The minimum absolute atomic E-state index is 0. The second kappa shape index (κ2) is 10.4. The molecule has 2 aromatic heterocycles. The molecule has 3 N–H and O–H groups in total. The minimum Gasteiger partial charge on any atom is -0.351 e. The van der Waals surface area contributed by atoms with Crippen LogP contribution in [0.4, 0.5) is 0 Å². The molecule has 2 heterocycles. The van der Waals surface area contributed by atoms with Gasteiger partial charge in [0.05, 0.1) is 6.20 Å². The average molecular weight is 350 g/mol. The van der Waals surface area contributed by atoms with E-state index in [4.69, 9.17) is 5.73 Å². The number of nitrogens with two attached hydrogens (primary N) is 1. The summed E-state index contributed by atoms with van der Waals surface area (Å²) in [6.45, 7) is 1.26. The van der Waals surface area contributed by atoms with Gasteiger partial charge in [-0.3, -0.25) is 14.8 Å². The van der Waals surface area contributed by atoms with E-state index in [0.717, 1.165) is 12.8 Å². The van der Waals surface area contributed by atoms with E-state index in [-0.39, 0.29) is 30.7 Å². The largest absolute Gasteiger partial charge is 0.351 e. The van der Waals surface area contributed by atoms with Crippen LogP contribution in [0.2, 0.25) is 0 Å². The maximum atomic E-state index is 11.8. The average Bonchev–Trinajstić information content (AvgIpc) is 2.94. The van der Waals surface area contributed by atoms with Crippen molar-refractivity contribution >= 4 is 42.1 Å². The molecule has 0 saturated heterocycles. The van der Waals surface area contributed by atoms with Crippen LogP contribution in [0.3, 0.4) is 0 Å². The quantitative estimate of drug-likeness (QED) is 0.776. The lowest BCUT2D eigenvalue weighted by atomic mass is 10.3. The van der Waals surface area contributed by atoms with Crippen LogP contribution in [0, 0.1) is 0 Å². The van der Waals surface area contributed by atoms with E-state index in [1.807, 2.05) is 0 Å². The molecule has 0 radical (unpaired) electrons. The molecule has 6 nitrogen and oxygen atoms in total. The van der Waals surface area contributed by atoms with Crippen molar-refractivity contribution in [3.05, 3.63) is 29.7 Å². The molecule has 0 atom stereocenters. The highest BCUT2D eigenvalue weighted by atomic mass is 35.5. The van der Waals surface area contributed by atoms with E-state index in [2.05, 4.69) is 20.3 Å². The van der Waals surface area contributed by atoms with Crippen molar-refractivity contribution in [2.45, 2.75) is 12.8 Å². The first-order valence-corrected chi connectivity index (χ1v) is 6.89. The predicted molar refractivity (Wildman–Crippen MR) is 88.3 cm³/mol. The molecule has 0 aromatic carbocycles. The zero-order valence-electron chi connectivity index (χ0n) is 11.2. The monoisotopic (exact) mass is 349 g/mol. The summed E-state index contributed by atoms with van der Waals surface area (Å²) in [6.07, 6.45) is 6.61. The van der Waals surface area contributed by atoms with Crippen molar-refractivity contribution in [1.29, 1.82) is 0 Å². The van der Waals surface area contributed by atoms with Crippen molar-refractivity contribution in [2.75, 3.05) is 13.1 Å². The maximum absolute atomic E-state index is 11.8. The normalized spacial score (nSPS) is 9.38. The number of unbranched alkanes of at least 4 members (excludes halogenated alkanes) is 1. The molecule has 0 spiro atoms. The lowest BCUT2D eigenvalue weighted by Gasteiger charge is -2.01. The number of aromatic nitrogens is 3. The Hall–Kier alpha value is -1.28. The summed E-state index contributed by atoms with van der Waals surface area (Å²) in [7, 11) is 0. The van der Waals surface area contributed by atoms with Crippen LogP contribution < -0.4 is 11.1 Å². The Morgan fingerprint density at radius 3 is 2.76 bits per heavy atom. The van der Waals surface area contributed by atoms with E-state index < -0.39 is 0 Å². The van der Waals surface area contributed by atoms with Gasteiger partial charge in [-0.05, 0) is 19.4 Å². The third-order valence-corrected chi connectivity index (χ3v) is 3.30. The van der Waals surface area contributed by atoms with E-state index in [9.17, 15) is 4.79 Å². The molecule has 2 aromatic rings. The van der Waals surface area contributed by atoms with Crippen LogP contribution >= 0.6 is 36.2 Å². The molecule has 0 fully saturated rings. The van der Waals surface area contributed by atoms with E-state index in [1.54, 1.807) is 24.0 Å². The second-order valence-electron chi connectivity index (χ2n) is 3.88. The zero-order chi connectivity index (χ0) is 13.5. The molecule has 0 aliphatic carbocycles. The SMILES string of the molecule is Cl.Cl.NCCCCNC(=O)c1csc(-c2cnccn2)n1. The summed E-state index contributed by atoms with van der Waals surface area (Å²) < 4.78 is 0. The topological polar surface area (TPSA) is 93.8 Å². The fourth-order valence-electron chi connectivity index (χ4n) is 1.47. The Morgan fingerprint density at radius 2 is 2.10 bits per heavy atom. The van der Waals surface area contributed by atoms with Gasteiger partial charge in [0.2, 0.25) is 0 Å². The number of nitrogens with one attached hydrogen (secondary N) is 1. The van der Waals surface area contributed by atoms with Gasteiger partial charge >= 0.3 is 0 Å². The van der Waals surface area contributed by atoms with Gasteiger partial charge in [0.1, 0.15) is 16.4 Å². The number of thiazole rings is 1. The van der Waals surface area contributed by atoms with Crippen molar-refractivity contribution in [3.63, 3.8) is 0 Å². The highest BCUT2D eigenvalue weighted by Crippen LogP contribution is 2.20. The highest BCUT2D eigenvalue weighted by Gasteiger charge is 2.11. The Kier molecular flexibility index (Phi) is 9.81. The molecular weight excluding hydrogens is 333 g/mol. The molecule has 9 heteroatoms. The number of carbonyl (C=O) groups is 1. The Morgan fingerprint density at radius 1 is 1.29 bits per heavy atom. The van der Waals surface area contributed by atoms with Crippen LogP contribution in [0.5, 0.6) is 0 Å². The molecular formula is C12H17Cl2N5OS. The molecule has 0 unspecified atom stereocenters. The van der Waals surface area contributed by atoms with Gasteiger partial charge in [0.25, 0.3) is 5.91 Å². The molecule has 0 aliphatic heterocycles. The standard InChI is InChI=1S/C12H15N5OS.2ClH/c13-3-1-2-4-16-11(18)10-8-19-12(17-10)9-7-14-5-6-15-9;;/h5-8H,1-4,13H2,(H,16,18);2*1H. The molecule has 0 aliphatic rings. The second-order valence-corrected chi connectivity index (χ2v) is 4.74. The van der Waals surface area contributed by atoms with Gasteiger partial charge in [0.15, 0.2) is 0 Å². The van der Waals surface area contributed by atoms with Crippen LogP contribution in [0.25, 0.3) is 10.7 Å². The summed E-state index contributed by atoms with van der Waals surface area (Å²) in [4.78, 5) is 24.2. The highest BCUT2D eigenvalue weighted by molar-refractivity contribution is 7.13. The Balaban J connectivity index is 0.00000200. The third-order valence-electron chi connectivity index (χ3n) is 2.44. The number of hydrogen-bond donors (Lipinski definition) is 2. The van der Waals surface area contributed by atoms with Gasteiger partial charge in [-0.25, -0.2) is 4.98 Å². The molecule has 21 heavy (non-hydrogen) atoms. The summed E-state index contributed by atoms with van der Waals surface area (Å²) in [5.41, 5.74) is 6.48. The summed E-state index contributed by atoms with van der Waals surface area (Å²) in [5, 5.41) is 5.23. The fourth-order valence-corrected chi connectivity index (χ4v) is 2.23. The summed E-state index contributed by atoms with van der Waals surface area (Å²) in [6, 6.07) is 0. The fraction of sp³-hybridized carbons (Fsp3) is 0.333. The summed E-state index contributed by atoms with van der Waals surface area (Å²) in [5.74, 6) is -0.164. The number of amides is 1. The van der Waals surface area contributed by atoms with E-state index in [0.29, 0.717) is 29.5 Å². The third kappa shape index (κ3) is 5.92. The zero-order valence-corrected chi connectivity index (χ0v) is 13.6. The number of nitrogens with zero attached hydrogens (tertiary/aromatic N) is 3. The Bertz CT molecular complexity index is 537. The minimum atomic E-state index is -0.164. The van der Waals surface area contributed by atoms with Gasteiger partial charge in [-0.2, -0.15) is 0 Å². The van der Waals surface area contributed by atoms with Gasteiger partial charge in [0, 0.05) is 24.3 Å². The number of carbonyl (C=O) groups excluding carboxylic acids is 1. The lowest BCUT2D eigenvalue weighted by molar-refractivity contribution is 0.0949. The maximum Gasteiger partial charge on any atom is 0.270 e. The smallest absolute Gasteiger partial charge is 0.270 e. The van der Waals surface area contributed by atoms with Gasteiger partial charge < -0.3 is 11.1 Å². The van der Waals surface area contributed by atoms with Gasteiger partial charge in [-0.1, -0.05) is 0 Å².